The molecule has 8 heteroatoms. The zero-order chi connectivity index (χ0) is 31.1. The number of benzene rings is 4. The molecule has 0 fully saturated rings. The van der Waals surface area contributed by atoms with Gasteiger partial charge in [-0.3, -0.25) is 9.59 Å². The first-order valence-corrected chi connectivity index (χ1v) is 14.8. The van der Waals surface area contributed by atoms with Crippen LogP contribution in [0.5, 0.6) is 5.75 Å². The van der Waals surface area contributed by atoms with Crippen molar-refractivity contribution in [3.05, 3.63) is 119 Å². The number of aryl methyl sites for hydroxylation is 1. The van der Waals surface area contributed by atoms with Crippen LogP contribution in [0.4, 0.5) is 21.9 Å². The van der Waals surface area contributed by atoms with E-state index in [1.165, 1.54) is 7.11 Å². The molecule has 1 unspecified atom stereocenters. The minimum absolute atomic E-state index is 0.0253. The Balaban J connectivity index is 1.28. The average Bonchev–Trinajstić information content (AvgIpc) is 3.46. The van der Waals surface area contributed by atoms with Crippen LogP contribution < -0.4 is 20.3 Å². The zero-order valence-electron chi connectivity index (χ0n) is 25.3. The van der Waals surface area contributed by atoms with Gasteiger partial charge in [0.2, 0.25) is 5.91 Å². The van der Waals surface area contributed by atoms with Crippen LogP contribution in [0.1, 0.15) is 47.1 Å². The van der Waals surface area contributed by atoms with Crippen LogP contribution in [-0.4, -0.2) is 38.2 Å². The van der Waals surface area contributed by atoms with Crippen molar-refractivity contribution in [1.82, 2.24) is 0 Å². The molecule has 4 aromatic rings. The molecule has 0 saturated carbocycles. The molecule has 8 nitrogen and oxygen atoms in total. The van der Waals surface area contributed by atoms with E-state index in [1.807, 2.05) is 91.5 Å². The van der Waals surface area contributed by atoms with Gasteiger partial charge in [0, 0.05) is 23.8 Å². The second kappa shape index (κ2) is 13.9. The molecule has 0 aliphatic carbocycles. The molecule has 1 heterocycles. The molecule has 44 heavy (non-hydrogen) atoms. The van der Waals surface area contributed by atoms with Gasteiger partial charge in [0.25, 0.3) is 0 Å². The number of hydrogen-bond acceptors (Lipinski definition) is 5. The van der Waals surface area contributed by atoms with E-state index in [9.17, 15) is 14.4 Å². The highest BCUT2D eigenvalue weighted by Crippen LogP contribution is 2.35. The summed E-state index contributed by atoms with van der Waals surface area (Å²) < 4.78 is 10.8. The predicted octanol–water partition coefficient (Wildman–Crippen LogP) is 6.86. The number of carbonyl (C=O) groups excluding carboxylic acids is 3. The quantitative estimate of drug-likeness (QED) is 0.196. The first-order chi connectivity index (χ1) is 21.4. The Kier molecular flexibility index (Phi) is 9.59. The van der Waals surface area contributed by atoms with Crippen molar-refractivity contribution in [3.63, 3.8) is 0 Å². The number of anilines is 3. The monoisotopic (exact) mass is 591 g/mol. The molecule has 1 aliphatic rings. The summed E-state index contributed by atoms with van der Waals surface area (Å²) >= 11 is 0. The van der Waals surface area contributed by atoms with Crippen molar-refractivity contribution in [2.75, 3.05) is 35.8 Å². The third-order valence-electron chi connectivity index (χ3n) is 7.84. The molecule has 5 rings (SSSR count). The van der Waals surface area contributed by atoms with Crippen molar-refractivity contribution >= 4 is 35.0 Å². The number of amides is 3. The lowest BCUT2D eigenvalue weighted by molar-refractivity contribution is -0.143. The number of urea groups is 1. The minimum Gasteiger partial charge on any atom is -0.495 e. The van der Waals surface area contributed by atoms with E-state index in [2.05, 4.69) is 16.7 Å². The van der Waals surface area contributed by atoms with E-state index < -0.39 is 0 Å². The third kappa shape index (κ3) is 7.09. The van der Waals surface area contributed by atoms with Gasteiger partial charge in [-0.05, 0) is 72.4 Å². The molecule has 1 atom stereocenters. The topological polar surface area (TPSA) is 97.0 Å². The van der Waals surface area contributed by atoms with Crippen molar-refractivity contribution in [2.45, 2.75) is 39.0 Å². The molecule has 4 aromatic carbocycles. The molecular formula is C36H37N3O5. The number of nitrogens with zero attached hydrogens (tertiary/aromatic N) is 1. The first-order valence-electron chi connectivity index (χ1n) is 14.8. The summed E-state index contributed by atoms with van der Waals surface area (Å²) in [4.78, 5) is 40.4. The zero-order valence-corrected chi connectivity index (χ0v) is 25.3. The smallest absolute Gasteiger partial charge is 0.323 e. The number of nitrogens with one attached hydrogen (secondary N) is 2. The average molecular weight is 592 g/mol. The molecule has 226 valence electrons. The Labute approximate surface area is 258 Å². The predicted molar refractivity (Wildman–Crippen MR) is 173 cm³/mol. The van der Waals surface area contributed by atoms with Gasteiger partial charge in [-0.25, -0.2) is 4.79 Å². The summed E-state index contributed by atoms with van der Waals surface area (Å²) in [5, 5.41) is 5.68. The Morgan fingerprint density at radius 1 is 0.864 bits per heavy atom. The van der Waals surface area contributed by atoms with Gasteiger partial charge < -0.3 is 25.0 Å². The van der Waals surface area contributed by atoms with E-state index in [1.54, 1.807) is 12.1 Å². The van der Waals surface area contributed by atoms with Gasteiger partial charge in [0.1, 0.15) is 5.75 Å². The Morgan fingerprint density at radius 2 is 1.61 bits per heavy atom. The second-order valence-corrected chi connectivity index (χ2v) is 10.8. The lowest BCUT2D eigenvalue weighted by Gasteiger charge is -2.21. The molecule has 0 aromatic heterocycles. The van der Waals surface area contributed by atoms with Gasteiger partial charge in [-0.2, -0.15) is 0 Å². The lowest BCUT2D eigenvalue weighted by Crippen LogP contribution is -2.30. The van der Waals surface area contributed by atoms with E-state index in [-0.39, 0.29) is 36.7 Å². The van der Waals surface area contributed by atoms with Gasteiger partial charge in [-0.15, -0.1) is 0 Å². The third-order valence-corrected chi connectivity index (χ3v) is 7.84. The van der Waals surface area contributed by atoms with Crippen molar-refractivity contribution in [2.24, 2.45) is 0 Å². The van der Waals surface area contributed by atoms with Crippen LogP contribution in [-0.2, 0) is 27.2 Å². The van der Waals surface area contributed by atoms with Crippen LogP contribution in [0.3, 0.4) is 0 Å². The fourth-order valence-electron chi connectivity index (χ4n) is 5.61. The maximum atomic E-state index is 13.5. The van der Waals surface area contributed by atoms with Gasteiger partial charge in [-0.1, -0.05) is 66.7 Å². The highest BCUT2D eigenvalue weighted by molar-refractivity contribution is 6.01. The molecule has 0 radical (unpaired) electrons. The van der Waals surface area contributed by atoms with Crippen molar-refractivity contribution in [1.29, 1.82) is 0 Å². The summed E-state index contributed by atoms with van der Waals surface area (Å²) in [5.74, 6) is 0.0730. The molecule has 0 saturated heterocycles. The Bertz CT molecular complexity index is 1650. The summed E-state index contributed by atoms with van der Waals surface area (Å²) in [7, 11) is 1.53. The lowest BCUT2D eigenvalue weighted by atomic mass is 9.87. The van der Waals surface area contributed by atoms with E-state index in [0.717, 1.165) is 45.6 Å². The standard InChI is InChI=1S/C36H37N3O5/c1-4-44-35(41)23-29(26-11-6-5-7-12-26)27-15-17-32-28(22-27)18-19-39(32)34(40)21-25-14-16-31(33(20-25)43-3)38-36(42)37-30-13-9-8-10-24(30)2/h5-17,20,22,29H,4,18-19,21,23H2,1-3H3,(H2,37,38,42). The second-order valence-electron chi connectivity index (χ2n) is 10.8. The number of esters is 1. The molecule has 0 spiro atoms. The summed E-state index contributed by atoms with van der Waals surface area (Å²) in [5.41, 5.74) is 7.00. The number of methoxy groups -OCH3 is 1. The molecule has 0 bridgehead atoms. The van der Waals surface area contributed by atoms with Crippen molar-refractivity contribution in [3.8, 4) is 5.75 Å². The maximum absolute atomic E-state index is 13.5. The summed E-state index contributed by atoms with van der Waals surface area (Å²) in [6, 6.07) is 28.6. The Morgan fingerprint density at radius 3 is 2.36 bits per heavy atom. The summed E-state index contributed by atoms with van der Waals surface area (Å²) in [6.07, 6.45) is 1.17. The molecular weight excluding hydrogens is 554 g/mol. The van der Waals surface area contributed by atoms with E-state index in [4.69, 9.17) is 9.47 Å². The fraction of sp³-hybridized carbons (Fsp3) is 0.250. The minimum atomic E-state index is -0.383. The first kappa shape index (κ1) is 30.4. The largest absolute Gasteiger partial charge is 0.495 e. The number of para-hydroxylation sites is 1. The number of hydrogen-bond donors (Lipinski definition) is 2. The van der Waals surface area contributed by atoms with Crippen LogP contribution in [0, 0.1) is 6.92 Å². The molecule has 3 amide bonds. The highest BCUT2D eigenvalue weighted by Gasteiger charge is 2.27. The molecule has 1 aliphatic heterocycles. The SMILES string of the molecule is CCOC(=O)CC(c1ccccc1)c1ccc2c(c1)CCN2C(=O)Cc1ccc(NC(=O)Nc2ccccc2C)c(OC)c1. The fourth-order valence-corrected chi connectivity index (χ4v) is 5.61. The van der Waals surface area contributed by atoms with E-state index >= 15 is 0 Å². The van der Waals surface area contributed by atoms with Crippen molar-refractivity contribution < 1.29 is 23.9 Å². The number of rotatable bonds is 10. The number of carbonyl (C=O) groups is 3. The highest BCUT2D eigenvalue weighted by atomic mass is 16.5. The molecule has 2 N–H and O–H groups in total. The Hall–Kier alpha value is -5.11. The van der Waals surface area contributed by atoms with Crippen LogP contribution in [0.15, 0.2) is 91.0 Å². The summed E-state index contributed by atoms with van der Waals surface area (Å²) in [6.45, 7) is 4.66. The number of fused-ring (bicyclic) bond motifs is 1. The van der Waals surface area contributed by atoms with Gasteiger partial charge in [0.05, 0.1) is 32.2 Å². The van der Waals surface area contributed by atoms with Gasteiger partial charge >= 0.3 is 12.0 Å². The van der Waals surface area contributed by atoms with Gasteiger partial charge in [0.15, 0.2) is 0 Å². The van der Waals surface area contributed by atoms with Crippen LogP contribution in [0.2, 0.25) is 0 Å². The van der Waals surface area contributed by atoms with Crippen LogP contribution >= 0.6 is 0 Å². The van der Waals surface area contributed by atoms with E-state index in [0.29, 0.717) is 24.6 Å². The normalized spacial score (nSPS) is 12.7. The van der Waals surface area contributed by atoms with Crippen LogP contribution in [0.25, 0.3) is 0 Å². The number of ether oxygens (including phenoxy) is 2. The maximum Gasteiger partial charge on any atom is 0.323 e.